The van der Waals surface area contributed by atoms with Gasteiger partial charge in [-0.15, -0.1) is 0 Å². The van der Waals surface area contributed by atoms with Crippen LogP contribution in [0.1, 0.15) is 0 Å². The van der Waals surface area contributed by atoms with Gasteiger partial charge in [-0.2, -0.15) is 0 Å². The molecule has 0 aliphatic heterocycles. The van der Waals surface area contributed by atoms with Crippen molar-refractivity contribution in [1.82, 2.24) is 15.0 Å². The molecule has 0 saturated carbocycles. The molecular formula is C12H7BrFN3. The zero-order valence-electron chi connectivity index (χ0n) is 8.61. The minimum absolute atomic E-state index is 0.372. The van der Waals surface area contributed by atoms with Gasteiger partial charge in [-0.3, -0.25) is 0 Å². The fraction of sp³-hybridized carbons (Fsp3) is 0. The fourth-order valence-electron chi connectivity index (χ4n) is 1.62. The van der Waals surface area contributed by atoms with Crippen LogP contribution in [0.5, 0.6) is 0 Å². The first-order valence-corrected chi connectivity index (χ1v) is 5.79. The van der Waals surface area contributed by atoms with Gasteiger partial charge >= 0.3 is 0 Å². The summed E-state index contributed by atoms with van der Waals surface area (Å²) in [4.78, 5) is 11.3. The fourth-order valence-corrected chi connectivity index (χ4v) is 1.88. The maximum absolute atomic E-state index is 13.0. The molecule has 0 radical (unpaired) electrons. The van der Waals surface area contributed by atoms with Gasteiger partial charge in [0.15, 0.2) is 5.65 Å². The second-order valence-corrected chi connectivity index (χ2v) is 4.53. The summed E-state index contributed by atoms with van der Waals surface area (Å²) in [6.45, 7) is 0. The SMILES string of the molecule is Fc1cnc2nc(-c3ccc(Br)cc3)[nH]c2c1. The maximum Gasteiger partial charge on any atom is 0.178 e. The Kier molecular flexibility index (Phi) is 2.40. The molecule has 84 valence electrons. The highest BCUT2D eigenvalue weighted by molar-refractivity contribution is 9.10. The third kappa shape index (κ3) is 1.93. The van der Waals surface area contributed by atoms with Crippen molar-refractivity contribution in [2.24, 2.45) is 0 Å². The molecule has 0 atom stereocenters. The quantitative estimate of drug-likeness (QED) is 0.745. The minimum Gasteiger partial charge on any atom is -0.336 e. The van der Waals surface area contributed by atoms with Crippen LogP contribution in [0.4, 0.5) is 4.39 Å². The zero-order chi connectivity index (χ0) is 11.8. The van der Waals surface area contributed by atoms with E-state index in [9.17, 15) is 4.39 Å². The summed E-state index contributed by atoms with van der Waals surface area (Å²) in [6.07, 6.45) is 1.16. The van der Waals surface area contributed by atoms with Crippen molar-refractivity contribution in [1.29, 1.82) is 0 Å². The van der Waals surface area contributed by atoms with Crippen LogP contribution >= 0.6 is 15.9 Å². The van der Waals surface area contributed by atoms with E-state index >= 15 is 0 Å². The zero-order valence-corrected chi connectivity index (χ0v) is 10.2. The van der Waals surface area contributed by atoms with Gasteiger partial charge < -0.3 is 4.98 Å². The lowest BCUT2D eigenvalue weighted by Crippen LogP contribution is -1.79. The summed E-state index contributed by atoms with van der Waals surface area (Å²) in [5.41, 5.74) is 2.05. The van der Waals surface area contributed by atoms with Gasteiger partial charge in [0.2, 0.25) is 0 Å². The van der Waals surface area contributed by atoms with Crippen LogP contribution in [0.15, 0.2) is 41.0 Å². The average molecular weight is 292 g/mol. The van der Waals surface area contributed by atoms with Crippen molar-refractivity contribution in [3.8, 4) is 11.4 Å². The van der Waals surface area contributed by atoms with Crippen molar-refractivity contribution in [3.63, 3.8) is 0 Å². The molecule has 0 amide bonds. The van der Waals surface area contributed by atoms with E-state index in [0.717, 1.165) is 16.2 Å². The van der Waals surface area contributed by atoms with E-state index < -0.39 is 0 Å². The highest BCUT2D eigenvalue weighted by Crippen LogP contribution is 2.21. The van der Waals surface area contributed by atoms with E-state index in [-0.39, 0.29) is 5.82 Å². The molecule has 3 nitrogen and oxygen atoms in total. The lowest BCUT2D eigenvalue weighted by atomic mass is 10.2. The number of aromatic nitrogens is 3. The van der Waals surface area contributed by atoms with Gasteiger partial charge in [-0.1, -0.05) is 28.1 Å². The summed E-state index contributed by atoms with van der Waals surface area (Å²) in [5.74, 6) is 0.314. The van der Waals surface area contributed by atoms with Gasteiger partial charge in [0.25, 0.3) is 0 Å². The molecule has 0 aliphatic rings. The number of hydrogen-bond donors (Lipinski definition) is 1. The van der Waals surface area contributed by atoms with Gasteiger partial charge in [0.05, 0.1) is 11.7 Å². The molecule has 3 aromatic rings. The van der Waals surface area contributed by atoms with Crippen LogP contribution in [0.3, 0.4) is 0 Å². The predicted octanol–water partition coefficient (Wildman–Crippen LogP) is 3.53. The van der Waals surface area contributed by atoms with Gasteiger partial charge in [-0.05, 0) is 12.1 Å². The minimum atomic E-state index is -0.372. The number of fused-ring (bicyclic) bond motifs is 1. The molecule has 0 bridgehead atoms. The molecule has 0 spiro atoms. The Hall–Kier alpha value is -1.75. The molecule has 0 unspecified atom stereocenters. The highest BCUT2D eigenvalue weighted by atomic mass is 79.9. The van der Waals surface area contributed by atoms with E-state index in [1.54, 1.807) is 0 Å². The number of nitrogens with zero attached hydrogens (tertiary/aromatic N) is 2. The Morgan fingerprint density at radius 3 is 2.71 bits per heavy atom. The van der Waals surface area contributed by atoms with Crippen LogP contribution in [-0.4, -0.2) is 15.0 Å². The number of H-pyrrole nitrogens is 1. The summed E-state index contributed by atoms with van der Waals surface area (Å²) in [6, 6.07) is 9.10. The van der Waals surface area contributed by atoms with Crippen LogP contribution in [0.25, 0.3) is 22.6 Å². The van der Waals surface area contributed by atoms with Crippen molar-refractivity contribution < 1.29 is 4.39 Å². The number of imidazole rings is 1. The number of nitrogens with one attached hydrogen (secondary N) is 1. The summed E-state index contributed by atoms with van der Waals surface area (Å²) in [5, 5.41) is 0. The van der Waals surface area contributed by atoms with Gasteiger partial charge in [-0.25, -0.2) is 14.4 Å². The van der Waals surface area contributed by atoms with Crippen LogP contribution in [0.2, 0.25) is 0 Å². The number of pyridine rings is 1. The van der Waals surface area contributed by atoms with Gasteiger partial charge in [0.1, 0.15) is 11.6 Å². The van der Waals surface area contributed by atoms with Crippen LogP contribution in [-0.2, 0) is 0 Å². The smallest absolute Gasteiger partial charge is 0.178 e. The van der Waals surface area contributed by atoms with E-state index in [1.807, 2.05) is 24.3 Å². The lowest BCUT2D eigenvalue weighted by molar-refractivity contribution is 0.624. The molecule has 0 saturated heterocycles. The molecule has 2 heterocycles. The Labute approximate surface area is 105 Å². The number of hydrogen-bond acceptors (Lipinski definition) is 2. The topological polar surface area (TPSA) is 41.6 Å². The molecule has 5 heteroatoms. The molecular weight excluding hydrogens is 285 g/mol. The Morgan fingerprint density at radius 2 is 1.94 bits per heavy atom. The summed E-state index contributed by atoms with van der Waals surface area (Å²) < 4.78 is 14.0. The molecule has 1 N–H and O–H groups in total. The van der Waals surface area contributed by atoms with Crippen molar-refractivity contribution in [3.05, 3.63) is 46.8 Å². The molecule has 17 heavy (non-hydrogen) atoms. The van der Waals surface area contributed by atoms with Crippen LogP contribution < -0.4 is 0 Å². The Morgan fingerprint density at radius 1 is 1.18 bits per heavy atom. The normalized spacial score (nSPS) is 10.9. The predicted molar refractivity (Wildman–Crippen MR) is 67.0 cm³/mol. The third-order valence-corrected chi connectivity index (χ3v) is 2.95. The van der Waals surface area contributed by atoms with E-state index in [4.69, 9.17) is 0 Å². The van der Waals surface area contributed by atoms with Crippen molar-refractivity contribution in [2.45, 2.75) is 0 Å². The van der Waals surface area contributed by atoms with E-state index in [0.29, 0.717) is 17.0 Å². The summed E-state index contributed by atoms with van der Waals surface area (Å²) >= 11 is 3.37. The number of rotatable bonds is 1. The number of halogens is 2. The second-order valence-electron chi connectivity index (χ2n) is 3.62. The molecule has 1 aromatic carbocycles. The largest absolute Gasteiger partial charge is 0.336 e. The first-order chi connectivity index (χ1) is 8.22. The lowest BCUT2D eigenvalue weighted by Gasteiger charge is -1.95. The first kappa shape index (κ1) is 10.4. The average Bonchev–Trinajstić information content (AvgIpc) is 2.72. The Bertz CT molecular complexity index is 676. The maximum atomic E-state index is 13.0. The number of benzene rings is 1. The molecule has 2 aromatic heterocycles. The first-order valence-electron chi connectivity index (χ1n) is 4.99. The summed E-state index contributed by atoms with van der Waals surface area (Å²) in [7, 11) is 0. The molecule has 0 aliphatic carbocycles. The highest BCUT2D eigenvalue weighted by Gasteiger charge is 2.06. The van der Waals surface area contributed by atoms with Gasteiger partial charge in [0, 0.05) is 16.1 Å². The third-order valence-electron chi connectivity index (χ3n) is 2.42. The number of aromatic amines is 1. The van der Waals surface area contributed by atoms with Crippen molar-refractivity contribution >= 4 is 27.1 Å². The molecule has 3 rings (SSSR count). The van der Waals surface area contributed by atoms with E-state index in [2.05, 4.69) is 30.9 Å². The second kappa shape index (κ2) is 3.92. The standard InChI is InChI=1S/C12H7BrFN3/c13-8-3-1-7(2-4-8)11-16-10-5-9(14)6-15-12(10)17-11/h1-6H,(H,15,16,17). The van der Waals surface area contributed by atoms with E-state index in [1.165, 1.54) is 6.07 Å². The monoisotopic (exact) mass is 291 g/mol. The molecule has 0 fully saturated rings. The Balaban J connectivity index is 2.14. The van der Waals surface area contributed by atoms with Crippen LogP contribution in [0, 0.1) is 5.82 Å². The van der Waals surface area contributed by atoms with Crippen molar-refractivity contribution in [2.75, 3.05) is 0 Å².